The number of nitrogens with zero attached hydrogens (tertiary/aromatic N) is 3. The summed E-state index contributed by atoms with van der Waals surface area (Å²) in [4.78, 5) is 19.2. The van der Waals surface area contributed by atoms with Gasteiger partial charge in [-0.1, -0.05) is 12.1 Å². The molecule has 0 aliphatic carbocycles. The first-order valence-corrected chi connectivity index (χ1v) is 10.0. The molecule has 2 aliphatic rings. The minimum atomic E-state index is -0.933. The SMILES string of the molecule is CC(C)Oc1ccc(CN2C[C@@H](F)C[C@H]2C(=O)N2CCCN(C)CC2)cc1. The molecule has 150 valence electrons. The van der Waals surface area contributed by atoms with Crippen LogP contribution in [0.4, 0.5) is 4.39 Å². The van der Waals surface area contributed by atoms with Gasteiger partial charge in [0.25, 0.3) is 0 Å². The summed E-state index contributed by atoms with van der Waals surface area (Å²) in [6, 6.07) is 7.55. The summed E-state index contributed by atoms with van der Waals surface area (Å²) in [5.74, 6) is 0.921. The van der Waals surface area contributed by atoms with Gasteiger partial charge in [0, 0.05) is 39.1 Å². The molecule has 0 unspecified atom stereocenters. The van der Waals surface area contributed by atoms with E-state index in [1.165, 1.54) is 0 Å². The molecule has 6 heteroatoms. The van der Waals surface area contributed by atoms with Crippen molar-refractivity contribution in [3.8, 4) is 5.75 Å². The maximum absolute atomic E-state index is 14.2. The largest absolute Gasteiger partial charge is 0.491 e. The Hall–Kier alpha value is -1.66. The van der Waals surface area contributed by atoms with Gasteiger partial charge >= 0.3 is 0 Å². The van der Waals surface area contributed by atoms with Gasteiger partial charge < -0.3 is 14.5 Å². The molecule has 0 spiro atoms. The minimum absolute atomic E-state index is 0.0882. The molecule has 2 aliphatic heterocycles. The maximum Gasteiger partial charge on any atom is 0.240 e. The molecule has 2 fully saturated rings. The van der Waals surface area contributed by atoms with E-state index in [9.17, 15) is 9.18 Å². The number of carbonyl (C=O) groups is 1. The molecule has 0 aromatic heterocycles. The van der Waals surface area contributed by atoms with Gasteiger partial charge in [0.1, 0.15) is 11.9 Å². The summed E-state index contributed by atoms with van der Waals surface area (Å²) in [5, 5.41) is 0. The molecule has 27 heavy (non-hydrogen) atoms. The van der Waals surface area contributed by atoms with E-state index in [2.05, 4.69) is 11.9 Å². The van der Waals surface area contributed by atoms with Crippen LogP contribution in [0.2, 0.25) is 0 Å². The molecular formula is C21H32FN3O2. The van der Waals surface area contributed by atoms with Gasteiger partial charge in [0.05, 0.1) is 12.1 Å². The van der Waals surface area contributed by atoms with Crippen LogP contribution >= 0.6 is 0 Å². The second-order valence-corrected chi connectivity index (χ2v) is 8.07. The number of benzene rings is 1. The molecule has 2 saturated heterocycles. The molecule has 1 aromatic rings. The van der Waals surface area contributed by atoms with Crippen molar-refractivity contribution in [2.45, 2.75) is 51.6 Å². The quantitative estimate of drug-likeness (QED) is 0.790. The number of halogens is 1. The molecule has 2 atom stereocenters. The zero-order valence-corrected chi connectivity index (χ0v) is 16.7. The van der Waals surface area contributed by atoms with E-state index >= 15 is 0 Å². The van der Waals surface area contributed by atoms with Crippen molar-refractivity contribution in [2.75, 3.05) is 39.8 Å². The highest BCUT2D eigenvalue weighted by Crippen LogP contribution is 2.25. The summed E-state index contributed by atoms with van der Waals surface area (Å²) >= 11 is 0. The fourth-order valence-corrected chi connectivity index (χ4v) is 3.94. The molecular weight excluding hydrogens is 345 g/mol. The van der Waals surface area contributed by atoms with Crippen molar-refractivity contribution < 1.29 is 13.9 Å². The highest BCUT2D eigenvalue weighted by atomic mass is 19.1. The summed E-state index contributed by atoms with van der Waals surface area (Å²) in [7, 11) is 2.08. The number of rotatable bonds is 5. The van der Waals surface area contributed by atoms with E-state index in [1.54, 1.807) is 0 Å². The van der Waals surface area contributed by atoms with Crippen molar-refractivity contribution in [3.05, 3.63) is 29.8 Å². The smallest absolute Gasteiger partial charge is 0.240 e. The van der Waals surface area contributed by atoms with Gasteiger partial charge in [-0.3, -0.25) is 9.69 Å². The van der Waals surface area contributed by atoms with Crippen molar-refractivity contribution in [1.82, 2.24) is 14.7 Å². The van der Waals surface area contributed by atoms with E-state index in [-0.39, 0.29) is 18.1 Å². The van der Waals surface area contributed by atoms with Gasteiger partial charge in [-0.15, -0.1) is 0 Å². The molecule has 3 rings (SSSR count). The van der Waals surface area contributed by atoms with E-state index in [0.717, 1.165) is 43.9 Å². The summed E-state index contributed by atoms with van der Waals surface area (Å²) in [6.45, 7) is 8.31. The predicted octanol–water partition coefficient (Wildman–Crippen LogP) is 2.55. The Balaban J connectivity index is 1.64. The van der Waals surface area contributed by atoms with Crippen LogP contribution in [0.3, 0.4) is 0 Å². The van der Waals surface area contributed by atoms with Crippen LogP contribution in [0.15, 0.2) is 24.3 Å². The van der Waals surface area contributed by atoms with Crippen molar-refractivity contribution in [1.29, 1.82) is 0 Å². The van der Waals surface area contributed by atoms with Gasteiger partial charge in [0.15, 0.2) is 0 Å². The van der Waals surface area contributed by atoms with Crippen molar-refractivity contribution in [2.24, 2.45) is 0 Å². The van der Waals surface area contributed by atoms with Crippen LogP contribution in [-0.4, -0.2) is 78.7 Å². The zero-order valence-electron chi connectivity index (χ0n) is 16.7. The lowest BCUT2D eigenvalue weighted by molar-refractivity contribution is -0.136. The molecule has 0 radical (unpaired) electrons. The van der Waals surface area contributed by atoms with Crippen LogP contribution in [0, 0.1) is 0 Å². The molecule has 0 bridgehead atoms. The van der Waals surface area contributed by atoms with E-state index < -0.39 is 6.17 Å². The van der Waals surface area contributed by atoms with E-state index in [1.807, 2.05) is 47.9 Å². The molecule has 5 nitrogen and oxygen atoms in total. The molecule has 0 saturated carbocycles. The van der Waals surface area contributed by atoms with Gasteiger partial charge in [0.2, 0.25) is 5.91 Å². The van der Waals surface area contributed by atoms with Gasteiger partial charge in [-0.25, -0.2) is 4.39 Å². The van der Waals surface area contributed by atoms with Crippen LogP contribution in [0.25, 0.3) is 0 Å². The van der Waals surface area contributed by atoms with Gasteiger partial charge in [-0.05, 0) is 51.6 Å². The molecule has 2 heterocycles. The van der Waals surface area contributed by atoms with Crippen molar-refractivity contribution in [3.63, 3.8) is 0 Å². The number of likely N-dealkylation sites (tertiary alicyclic amines) is 1. The third kappa shape index (κ3) is 5.42. The highest BCUT2D eigenvalue weighted by Gasteiger charge is 2.39. The number of hydrogen-bond donors (Lipinski definition) is 0. The lowest BCUT2D eigenvalue weighted by Gasteiger charge is -2.29. The van der Waals surface area contributed by atoms with Gasteiger partial charge in [-0.2, -0.15) is 0 Å². The van der Waals surface area contributed by atoms with Crippen LogP contribution < -0.4 is 4.74 Å². The zero-order chi connectivity index (χ0) is 19.4. The Morgan fingerprint density at radius 2 is 1.93 bits per heavy atom. The Kier molecular flexibility index (Phi) is 6.71. The second kappa shape index (κ2) is 9.02. The third-order valence-electron chi connectivity index (χ3n) is 5.35. The minimum Gasteiger partial charge on any atom is -0.491 e. The topological polar surface area (TPSA) is 36.0 Å². The number of carbonyl (C=O) groups excluding carboxylic acids is 1. The fourth-order valence-electron chi connectivity index (χ4n) is 3.94. The number of hydrogen-bond acceptors (Lipinski definition) is 4. The first-order valence-electron chi connectivity index (χ1n) is 10.0. The molecule has 1 amide bonds. The van der Waals surface area contributed by atoms with Crippen LogP contribution in [0.1, 0.15) is 32.3 Å². The first kappa shape index (κ1) is 20.1. The number of alkyl halides is 1. The Morgan fingerprint density at radius 1 is 1.19 bits per heavy atom. The van der Waals surface area contributed by atoms with Crippen LogP contribution in [0.5, 0.6) is 5.75 Å². The number of likely N-dealkylation sites (N-methyl/N-ethyl adjacent to an activating group) is 1. The Morgan fingerprint density at radius 3 is 2.63 bits per heavy atom. The predicted molar refractivity (Wildman–Crippen MR) is 105 cm³/mol. The number of amides is 1. The summed E-state index contributed by atoms with van der Waals surface area (Å²) in [5.41, 5.74) is 1.08. The normalized spacial score (nSPS) is 25.0. The lowest BCUT2D eigenvalue weighted by atomic mass is 10.1. The third-order valence-corrected chi connectivity index (χ3v) is 5.35. The average molecular weight is 378 g/mol. The Labute approximate surface area is 162 Å². The summed E-state index contributed by atoms with van der Waals surface area (Å²) < 4.78 is 19.8. The highest BCUT2D eigenvalue weighted by molar-refractivity contribution is 5.82. The fraction of sp³-hybridized carbons (Fsp3) is 0.667. The first-order chi connectivity index (χ1) is 12.9. The summed E-state index contributed by atoms with van der Waals surface area (Å²) in [6.07, 6.45) is 0.485. The van der Waals surface area contributed by atoms with Crippen LogP contribution in [-0.2, 0) is 11.3 Å². The maximum atomic E-state index is 14.2. The second-order valence-electron chi connectivity index (χ2n) is 8.07. The molecule has 0 N–H and O–H groups in total. The monoisotopic (exact) mass is 377 g/mol. The van der Waals surface area contributed by atoms with E-state index in [0.29, 0.717) is 19.5 Å². The standard InChI is InChI=1S/C21H32FN3O2/c1-16(2)27-19-7-5-17(6-8-19)14-25-15-18(22)13-20(25)21(26)24-10-4-9-23(3)11-12-24/h5-8,16,18,20H,4,9-15H2,1-3H3/t18-,20-/m0/s1. The molecule has 1 aromatic carbocycles. The van der Waals surface area contributed by atoms with E-state index in [4.69, 9.17) is 4.74 Å². The van der Waals surface area contributed by atoms with Crippen molar-refractivity contribution >= 4 is 5.91 Å². The average Bonchev–Trinajstić information content (AvgIpc) is 2.84. The number of ether oxygens (including phenoxy) is 1. The lowest BCUT2D eigenvalue weighted by Crippen LogP contribution is -2.46. The Bertz CT molecular complexity index is 622.